The van der Waals surface area contributed by atoms with Gasteiger partial charge in [-0.25, -0.2) is 8.42 Å². The Morgan fingerprint density at radius 1 is 1.10 bits per heavy atom. The molecule has 1 aliphatic rings. The number of aromatic nitrogens is 2. The molecule has 154 valence electrons. The van der Waals surface area contributed by atoms with Crippen LogP contribution in [-0.4, -0.2) is 54.0 Å². The molecule has 1 unspecified atom stereocenters. The number of hydrogen-bond acceptors (Lipinski definition) is 7. The highest BCUT2D eigenvalue weighted by molar-refractivity contribution is 7.89. The fourth-order valence-electron chi connectivity index (χ4n) is 3.51. The molecule has 1 aliphatic heterocycles. The van der Waals surface area contributed by atoms with Gasteiger partial charge in [0.2, 0.25) is 15.9 Å². The molecular formula is C20H24N4O3S2. The molecular weight excluding hydrogens is 408 g/mol. The van der Waals surface area contributed by atoms with Crippen molar-refractivity contribution in [2.45, 2.75) is 31.7 Å². The van der Waals surface area contributed by atoms with Crippen molar-refractivity contribution >= 4 is 21.4 Å². The van der Waals surface area contributed by atoms with E-state index in [4.69, 9.17) is 4.42 Å². The molecule has 1 fully saturated rings. The van der Waals surface area contributed by atoms with Gasteiger partial charge in [0.1, 0.15) is 0 Å². The van der Waals surface area contributed by atoms with Crippen LogP contribution in [0.3, 0.4) is 0 Å². The maximum Gasteiger partial charge on any atom is 0.257 e. The number of sulfonamides is 1. The molecule has 1 aromatic carbocycles. The summed E-state index contributed by atoms with van der Waals surface area (Å²) in [5.74, 6) is 1.08. The average molecular weight is 433 g/mol. The topological polar surface area (TPSA) is 79.5 Å². The van der Waals surface area contributed by atoms with Crippen LogP contribution < -0.4 is 0 Å². The van der Waals surface area contributed by atoms with Crippen LogP contribution in [0.15, 0.2) is 45.0 Å². The minimum atomic E-state index is -3.50. The Morgan fingerprint density at radius 3 is 2.55 bits per heavy atom. The number of piperazine rings is 1. The van der Waals surface area contributed by atoms with E-state index in [9.17, 15) is 8.42 Å². The molecule has 0 saturated carbocycles. The summed E-state index contributed by atoms with van der Waals surface area (Å²) in [5.41, 5.74) is 1.72. The molecule has 9 heteroatoms. The summed E-state index contributed by atoms with van der Waals surface area (Å²) >= 11 is 1.56. The van der Waals surface area contributed by atoms with Crippen molar-refractivity contribution in [3.05, 3.63) is 52.7 Å². The zero-order valence-electron chi connectivity index (χ0n) is 16.7. The minimum Gasteiger partial charge on any atom is -0.418 e. The van der Waals surface area contributed by atoms with E-state index < -0.39 is 10.0 Å². The van der Waals surface area contributed by atoms with Crippen molar-refractivity contribution in [3.8, 4) is 10.8 Å². The van der Waals surface area contributed by atoms with Crippen LogP contribution in [0.2, 0.25) is 0 Å². The monoisotopic (exact) mass is 432 g/mol. The third-order valence-electron chi connectivity index (χ3n) is 5.31. The van der Waals surface area contributed by atoms with Crippen molar-refractivity contribution in [3.63, 3.8) is 0 Å². The summed E-state index contributed by atoms with van der Waals surface area (Å²) < 4.78 is 33.6. The molecule has 4 rings (SSSR count). The third kappa shape index (κ3) is 4.00. The predicted octanol–water partition coefficient (Wildman–Crippen LogP) is 3.48. The fourth-order valence-corrected chi connectivity index (χ4v) is 5.89. The van der Waals surface area contributed by atoms with Crippen LogP contribution in [0, 0.1) is 13.8 Å². The maximum atomic E-state index is 13.1. The third-order valence-corrected chi connectivity index (χ3v) is 8.21. The van der Waals surface area contributed by atoms with E-state index in [-0.39, 0.29) is 6.04 Å². The van der Waals surface area contributed by atoms with E-state index in [1.54, 1.807) is 21.7 Å². The largest absolute Gasteiger partial charge is 0.418 e. The van der Waals surface area contributed by atoms with Crippen LogP contribution in [0.1, 0.15) is 30.0 Å². The van der Waals surface area contributed by atoms with E-state index in [2.05, 4.69) is 15.1 Å². The SMILES string of the molecule is Cc1ccc(C)c(S(=O)(=O)N2CCN(C(C)c3nnc(-c4cccs4)o3)CC2)c1. The molecule has 3 heterocycles. The van der Waals surface area contributed by atoms with E-state index >= 15 is 0 Å². The van der Waals surface area contributed by atoms with Gasteiger partial charge in [0.05, 0.1) is 15.8 Å². The van der Waals surface area contributed by atoms with E-state index in [1.807, 2.05) is 50.4 Å². The number of nitrogens with zero attached hydrogens (tertiary/aromatic N) is 4. The Kier molecular flexibility index (Phi) is 5.56. The van der Waals surface area contributed by atoms with Gasteiger partial charge in [-0.1, -0.05) is 18.2 Å². The first-order valence-electron chi connectivity index (χ1n) is 9.55. The molecule has 29 heavy (non-hydrogen) atoms. The predicted molar refractivity (Wildman–Crippen MR) is 112 cm³/mol. The number of rotatable bonds is 5. The van der Waals surface area contributed by atoms with E-state index in [0.29, 0.717) is 42.9 Å². The molecule has 0 aliphatic carbocycles. The smallest absolute Gasteiger partial charge is 0.257 e. The minimum absolute atomic E-state index is 0.0678. The Hall–Kier alpha value is -2.07. The summed E-state index contributed by atoms with van der Waals surface area (Å²) in [6.07, 6.45) is 0. The lowest BCUT2D eigenvalue weighted by molar-refractivity contribution is 0.129. The molecule has 1 saturated heterocycles. The zero-order valence-corrected chi connectivity index (χ0v) is 18.3. The molecule has 0 spiro atoms. The average Bonchev–Trinajstić information content (AvgIpc) is 3.41. The summed E-state index contributed by atoms with van der Waals surface area (Å²) in [4.78, 5) is 3.53. The molecule has 0 N–H and O–H groups in total. The van der Waals surface area contributed by atoms with Crippen LogP contribution in [0.4, 0.5) is 0 Å². The molecule has 1 atom stereocenters. The summed E-state index contributed by atoms with van der Waals surface area (Å²) in [6.45, 7) is 7.86. The van der Waals surface area contributed by atoms with Crippen molar-refractivity contribution in [2.24, 2.45) is 0 Å². The van der Waals surface area contributed by atoms with Crippen LogP contribution in [0.5, 0.6) is 0 Å². The van der Waals surface area contributed by atoms with Crippen molar-refractivity contribution in [1.29, 1.82) is 0 Å². The van der Waals surface area contributed by atoms with E-state index in [1.165, 1.54) is 0 Å². The number of benzene rings is 1. The van der Waals surface area contributed by atoms with Gasteiger partial charge < -0.3 is 4.42 Å². The normalized spacial score (nSPS) is 17.5. The standard InChI is InChI=1S/C20H24N4O3S2/c1-14-6-7-15(2)18(13-14)29(25,26)24-10-8-23(9-11-24)16(3)19-21-22-20(27-19)17-5-4-12-28-17/h4-7,12-13,16H,8-11H2,1-3H3. The van der Waals surface area contributed by atoms with Gasteiger partial charge in [-0.05, 0) is 49.4 Å². The van der Waals surface area contributed by atoms with Crippen LogP contribution in [-0.2, 0) is 10.0 Å². The molecule has 3 aromatic rings. The summed E-state index contributed by atoms with van der Waals surface area (Å²) in [6, 6.07) is 9.38. The van der Waals surface area contributed by atoms with Gasteiger partial charge >= 0.3 is 0 Å². The van der Waals surface area contributed by atoms with Crippen molar-refractivity contribution < 1.29 is 12.8 Å². The van der Waals surface area contributed by atoms with Crippen molar-refractivity contribution in [1.82, 2.24) is 19.4 Å². The quantitative estimate of drug-likeness (QED) is 0.614. The Balaban J connectivity index is 1.44. The van der Waals surface area contributed by atoms with Gasteiger partial charge in [0.25, 0.3) is 5.89 Å². The zero-order chi connectivity index (χ0) is 20.6. The van der Waals surface area contributed by atoms with Crippen LogP contribution in [0.25, 0.3) is 10.8 Å². The lowest BCUT2D eigenvalue weighted by Crippen LogP contribution is -2.49. The molecule has 2 aromatic heterocycles. The Morgan fingerprint density at radius 2 is 1.86 bits per heavy atom. The van der Waals surface area contributed by atoms with Gasteiger partial charge in [0, 0.05) is 26.2 Å². The molecule has 0 amide bonds. The first-order chi connectivity index (χ1) is 13.9. The highest BCUT2D eigenvalue weighted by Crippen LogP contribution is 2.28. The highest BCUT2D eigenvalue weighted by Gasteiger charge is 2.32. The first kappa shape index (κ1) is 20.2. The van der Waals surface area contributed by atoms with Gasteiger partial charge in [-0.15, -0.1) is 21.5 Å². The Labute approximate surface area is 175 Å². The summed E-state index contributed by atoms with van der Waals surface area (Å²) in [7, 11) is -3.50. The lowest BCUT2D eigenvalue weighted by Gasteiger charge is -2.36. The number of aryl methyl sites for hydroxylation is 2. The second kappa shape index (κ2) is 7.98. The number of hydrogen-bond donors (Lipinski definition) is 0. The second-order valence-electron chi connectivity index (χ2n) is 7.31. The fraction of sp³-hybridized carbons (Fsp3) is 0.400. The van der Waals surface area contributed by atoms with E-state index in [0.717, 1.165) is 16.0 Å². The van der Waals surface area contributed by atoms with Crippen LogP contribution >= 0.6 is 11.3 Å². The van der Waals surface area contributed by atoms with Gasteiger partial charge in [-0.2, -0.15) is 4.31 Å². The lowest BCUT2D eigenvalue weighted by atomic mass is 10.2. The van der Waals surface area contributed by atoms with Crippen molar-refractivity contribution in [2.75, 3.05) is 26.2 Å². The van der Waals surface area contributed by atoms with Gasteiger partial charge in [-0.3, -0.25) is 4.90 Å². The highest BCUT2D eigenvalue weighted by atomic mass is 32.2. The molecule has 0 bridgehead atoms. The summed E-state index contributed by atoms with van der Waals surface area (Å²) in [5, 5.41) is 10.3. The molecule has 7 nitrogen and oxygen atoms in total. The molecule has 0 radical (unpaired) electrons. The second-order valence-corrected chi connectivity index (χ2v) is 10.2. The first-order valence-corrected chi connectivity index (χ1v) is 11.9. The number of thiophene rings is 1. The Bertz CT molecular complexity index is 1080. The van der Waals surface area contributed by atoms with Gasteiger partial charge in [0.15, 0.2) is 0 Å². The maximum absolute atomic E-state index is 13.1.